The summed E-state index contributed by atoms with van der Waals surface area (Å²) in [5.74, 6) is 0. The first-order valence-electron chi connectivity index (χ1n) is 18.2. The Morgan fingerprint density at radius 3 is 0.725 bits per heavy atom. The van der Waals surface area contributed by atoms with Crippen LogP contribution in [-0.2, 0) is 0 Å². The minimum absolute atomic E-state index is 0.595. The summed E-state index contributed by atoms with van der Waals surface area (Å²) in [7, 11) is 0. The second-order valence-electron chi connectivity index (χ2n) is 12.9. The molecule has 0 saturated carbocycles. The van der Waals surface area contributed by atoms with Gasteiger partial charge in [-0.15, -0.1) is 26.3 Å². The van der Waals surface area contributed by atoms with Gasteiger partial charge in [-0.2, -0.15) is 0 Å². The molecule has 0 aromatic carbocycles. The van der Waals surface area contributed by atoms with Gasteiger partial charge in [0.25, 0.3) is 0 Å². The minimum Gasteiger partial charge on any atom is -0.103 e. The molecule has 1 atom stereocenters. The predicted molar refractivity (Wildman–Crippen MR) is 186 cm³/mol. The first-order valence-corrected chi connectivity index (χ1v) is 18.2. The van der Waals surface area contributed by atoms with E-state index in [1.165, 1.54) is 199 Å². The number of unbranched alkanes of at least 4 members (excludes halogenated alkanes) is 23. The van der Waals surface area contributed by atoms with Crippen LogP contribution in [0.2, 0.25) is 0 Å². The number of hydrogen-bond acceptors (Lipinski definition) is 0. The van der Waals surface area contributed by atoms with Crippen LogP contribution in [0, 0.1) is 5.41 Å². The first-order chi connectivity index (χ1) is 19.7. The summed E-state index contributed by atoms with van der Waals surface area (Å²) in [5.41, 5.74) is 0.595. The van der Waals surface area contributed by atoms with E-state index < -0.39 is 0 Å². The Morgan fingerprint density at radius 1 is 0.250 bits per heavy atom. The lowest BCUT2D eigenvalue weighted by Gasteiger charge is -2.35. The van der Waals surface area contributed by atoms with Crippen molar-refractivity contribution in [2.75, 3.05) is 0 Å². The molecular formula is C40H74. The molecule has 0 spiro atoms. The van der Waals surface area contributed by atoms with E-state index in [1.807, 2.05) is 0 Å². The summed E-state index contributed by atoms with van der Waals surface area (Å²) < 4.78 is 0. The lowest BCUT2D eigenvalue weighted by Crippen LogP contribution is -2.21. The van der Waals surface area contributed by atoms with Gasteiger partial charge in [0, 0.05) is 0 Å². The summed E-state index contributed by atoms with van der Waals surface area (Å²) >= 11 is 0. The zero-order valence-corrected chi connectivity index (χ0v) is 27.6. The smallest absolute Gasteiger partial charge is 0.0297 e. The molecule has 0 aliphatic carbocycles. The van der Waals surface area contributed by atoms with E-state index in [0.29, 0.717) is 5.41 Å². The van der Waals surface area contributed by atoms with Gasteiger partial charge in [-0.3, -0.25) is 0 Å². The van der Waals surface area contributed by atoms with Gasteiger partial charge in [-0.05, 0) is 82.5 Å². The second-order valence-corrected chi connectivity index (χ2v) is 12.9. The lowest BCUT2D eigenvalue weighted by atomic mass is 9.70. The molecule has 40 heavy (non-hydrogen) atoms. The van der Waals surface area contributed by atoms with Crippen LogP contribution in [0.25, 0.3) is 0 Å². The van der Waals surface area contributed by atoms with Gasteiger partial charge < -0.3 is 0 Å². The predicted octanol–water partition coefficient (Wildman–Crippen LogP) is 14.8. The molecule has 0 aromatic heterocycles. The maximum Gasteiger partial charge on any atom is -0.0297 e. The van der Waals surface area contributed by atoms with Crippen molar-refractivity contribution in [3.63, 3.8) is 0 Å². The Hall–Kier alpha value is -1.04. The summed E-state index contributed by atoms with van der Waals surface area (Å²) in [6.45, 7) is 15.6. The third kappa shape index (κ3) is 27.1. The highest BCUT2D eigenvalue weighted by Crippen LogP contribution is 2.42. The fourth-order valence-corrected chi connectivity index (χ4v) is 6.57. The number of allylic oxidation sites excluding steroid dienone is 4. The van der Waals surface area contributed by atoms with Crippen molar-refractivity contribution in [3.05, 3.63) is 50.6 Å². The molecule has 0 heteroatoms. The zero-order valence-electron chi connectivity index (χ0n) is 27.6. The van der Waals surface area contributed by atoms with Crippen molar-refractivity contribution in [1.82, 2.24) is 0 Å². The Kier molecular flexibility index (Phi) is 31.6. The molecule has 0 bridgehead atoms. The van der Waals surface area contributed by atoms with Crippen LogP contribution in [0.4, 0.5) is 0 Å². The highest BCUT2D eigenvalue weighted by atomic mass is 14.3. The van der Waals surface area contributed by atoms with Crippen molar-refractivity contribution < 1.29 is 0 Å². The summed E-state index contributed by atoms with van der Waals surface area (Å²) in [6, 6.07) is 0. The van der Waals surface area contributed by atoms with Gasteiger partial charge in [-0.25, -0.2) is 0 Å². The van der Waals surface area contributed by atoms with E-state index in [1.54, 1.807) is 0 Å². The standard InChI is InChI=1S/C40H74/c1-5-9-13-16-19-21-23-24-26-28-31-35-39-40(36-32-12-8-4,37-33-29-18-15-11-7-3)38-34-30-27-25-22-20-17-14-10-6-2/h5-8H,1-4,9-39H2. The molecule has 0 nitrogen and oxygen atoms in total. The van der Waals surface area contributed by atoms with Gasteiger partial charge in [-0.1, -0.05) is 146 Å². The van der Waals surface area contributed by atoms with E-state index in [-0.39, 0.29) is 0 Å². The maximum atomic E-state index is 4.03. The highest BCUT2D eigenvalue weighted by molar-refractivity contribution is 4.82. The van der Waals surface area contributed by atoms with E-state index >= 15 is 0 Å². The van der Waals surface area contributed by atoms with Gasteiger partial charge in [0.2, 0.25) is 0 Å². The van der Waals surface area contributed by atoms with Crippen LogP contribution in [0.5, 0.6) is 0 Å². The van der Waals surface area contributed by atoms with E-state index in [2.05, 4.69) is 50.6 Å². The molecule has 0 saturated heterocycles. The van der Waals surface area contributed by atoms with Gasteiger partial charge in [0.1, 0.15) is 0 Å². The maximum absolute atomic E-state index is 4.03. The van der Waals surface area contributed by atoms with Gasteiger partial charge in [0.15, 0.2) is 0 Å². The second kappa shape index (κ2) is 32.5. The van der Waals surface area contributed by atoms with E-state index in [0.717, 1.165) is 0 Å². The molecule has 0 N–H and O–H groups in total. The van der Waals surface area contributed by atoms with Crippen molar-refractivity contribution in [2.45, 2.75) is 199 Å². The van der Waals surface area contributed by atoms with E-state index in [4.69, 9.17) is 0 Å². The fourth-order valence-electron chi connectivity index (χ4n) is 6.57. The van der Waals surface area contributed by atoms with Gasteiger partial charge >= 0.3 is 0 Å². The SMILES string of the molecule is C=CCCCCCCCCCCCCC(CCCC=C)(CCCCCCC=C)CCCCCCCCCCC=C. The normalized spacial score (nSPS) is 12.7. The molecule has 0 fully saturated rings. The Labute approximate surface area is 254 Å². The Bertz CT molecular complexity index is 542. The average molecular weight is 555 g/mol. The molecule has 0 radical (unpaired) electrons. The Balaban J connectivity index is 4.51. The molecule has 0 aliphatic heterocycles. The topological polar surface area (TPSA) is 0 Å². The molecule has 1 unspecified atom stereocenters. The number of rotatable bonds is 35. The third-order valence-electron chi connectivity index (χ3n) is 9.21. The summed E-state index contributed by atoms with van der Waals surface area (Å²) in [6.07, 6.45) is 51.5. The van der Waals surface area contributed by atoms with Gasteiger partial charge in [0.05, 0.1) is 0 Å². The fraction of sp³-hybridized carbons (Fsp3) is 0.800. The largest absolute Gasteiger partial charge is 0.103 e. The van der Waals surface area contributed by atoms with Crippen molar-refractivity contribution in [1.29, 1.82) is 0 Å². The quantitative estimate of drug-likeness (QED) is 0.0539. The average Bonchev–Trinajstić information content (AvgIpc) is 2.96. The Morgan fingerprint density at radius 2 is 0.450 bits per heavy atom. The van der Waals surface area contributed by atoms with Crippen LogP contribution in [-0.4, -0.2) is 0 Å². The van der Waals surface area contributed by atoms with Crippen LogP contribution < -0.4 is 0 Å². The van der Waals surface area contributed by atoms with E-state index in [9.17, 15) is 0 Å². The summed E-state index contributed by atoms with van der Waals surface area (Å²) in [4.78, 5) is 0. The van der Waals surface area contributed by atoms with Crippen molar-refractivity contribution >= 4 is 0 Å². The number of hydrogen-bond donors (Lipinski definition) is 0. The molecule has 0 amide bonds. The molecule has 0 aliphatic rings. The van der Waals surface area contributed by atoms with Crippen molar-refractivity contribution in [2.24, 2.45) is 5.41 Å². The van der Waals surface area contributed by atoms with Crippen LogP contribution in [0.3, 0.4) is 0 Å². The van der Waals surface area contributed by atoms with Crippen molar-refractivity contribution in [3.8, 4) is 0 Å². The zero-order chi connectivity index (χ0) is 29.2. The molecule has 234 valence electrons. The van der Waals surface area contributed by atoms with Crippen LogP contribution >= 0.6 is 0 Å². The molecule has 0 rings (SSSR count). The monoisotopic (exact) mass is 555 g/mol. The molecular weight excluding hydrogens is 480 g/mol. The van der Waals surface area contributed by atoms with Crippen LogP contribution in [0.1, 0.15) is 199 Å². The highest BCUT2D eigenvalue weighted by Gasteiger charge is 2.28. The molecule has 0 aromatic rings. The lowest BCUT2D eigenvalue weighted by molar-refractivity contribution is 0.174. The van der Waals surface area contributed by atoms with Crippen LogP contribution in [0.15, 0.2) is 50.6 Å². The summed E-state index contributed by atoms with van der Waals surface area (Å²) in [5, 5.41) is 0. The molecule has 0 heterocycles. The minimum atomic E-state index is 0.595. The third-order valence-corrected chi connectivity index (χ3v) is 9.21. The first kappa shape index (κ1) is 39.0.